The molecule has 0 unspecified atom stereocenters. The molecule has 0 spiro atoms. The van der Waals surface area contributed by atoms with Crippen molar-refractivity contribution in [1.82, 2.24) is 4.57 Å². The van der Waals surface area contributed by atoms with E-state index < -0.39 is 0 Å². The number of benzene rings is 1. The predicted molar refractivity (Wildman–Crippen MR) is 90.7 cm³/mol. The molecular weight excluding hydrogens is 360 g/mol. The van der Waals surface area contributed by atoms with Gasteiger partial charge >= 0.3 is 5.97 Å². The zero-order chi connectivity index (χ0) is 16.3. The van der Waals surface area contributed by atoms with Gasteiger partial charge in [-0.25, -0.2) is 0 Å². The first-order valence-electron chi connectivity index (χ1n) is 7.72. The van der Waals surface area contributed by atoms with Crippen LogP contribution in [0.15, 0.2) is 10.5 Å². The molecule has 4 rings (SSSR count). The van der Waals surface area contributed by atoms with Crippen LogP contribution in [0.3, 0.4) is 0 Å². The molecule has 1 fully saturated rings. The third-order valence-electron chi connectivity index (χ3n) is 4.81. The van der Waals surface area contributed by atoms with Crippen molar-refractivity contribution in [1.29, 1.82) is 0 Å². The molecule has 0 atom stereocenters. The fourth-order valence-corrected chi connectivity index (χ4v) is 4.19. The first-order valence-corrected chi connectivity index (χ1v) is 8.51. The fraction of sp³-hybridized carbons (Fsp3) is 0.412. The molecule has 23 heavy (non-hydrogen) atoms. The highest BCUT2D eigenvalue weighted by Gasteiger charge is 2.33. The van der Waals surface area contributed by atoms with E-state index in [2.05, 4.69) is 31.9 Å². The van der Waals surface area contributed by atoms with Crippen LogP contribution in [0, 0.1) is 6.92 Å². The molecule has 0 radical (unpaired) electrons. The summed E-state index contributed by atoms with van der Waals surface area (Å²) in [4.78, 5) is 23.9. The molecule has 6 heteroatoms. The average molecular weight is 377 g/mol. The van der Waals surface area contributed by atoms with Crippen molar-refractivity contribution in [3.8, 4) is 0 Å². The van der Waals surface area contributed by atoms with Crippen molar-refractivity contribution in [2.45, 2.75) is 38.6 Å². The molecule has 1 aliphatic heterocycles. The maximum atomic E-state index is 12.2. The Morgan fingerprint density at radius 3 is 2.87 bits per heavy atom. The average Bonchev–Trinajstić information content (AvgIpc) is 3.30. The molecule has 2 aliphatic rings. The quantitative estimate of drug-likeness (QED) is 0.836. The number of esters is 1. The van der Waals surface area contributed by atoms with E-state index in [4.69, 9.17) is 4.74 Å². The van der Waals surface area contributed by atoms with Crippen molar-refractivity contribution in [2.24, 2.45) is 0 Å². The van der Waals surface area contributed by atoms with Gasteiger partial charge in [0.15, 0.2) is 0 Å². The number of nitrogens with zero attached hydrogens (tertiary/aromatic N) is 1. The minimum absolute atomic E-state index is 0.00802. The summed E-state index contributed by atoms with van der Waals surface area (Å²) in [7, 11) is 1.39. The van der Waals surface area contributed by atoms with Crippen LogP contribution >= 0.6 is 15.9 Å². The summed E-state index contributed by atoms with van der Waals surface area (Å²) in [6.45, 7) is 2.31. The number of rotatable bonds is 3. The van der Waals surface area contributed by atoms with Gasteiger partial charge in [-0.3, -0.25) is 9.59 Å². The summed E-state index contributed by atoms with van der Waals surface area (Å²) in [5, 5.41) is 4.05. The lowest BCUT2D eigenvalue weighted by atomic mass is 10.00. The maximum absolute atomic E-state index is 12.2. The van der Waals surface area contributed by atoms with Crippen LogP contribution in [0.25, 0.3) is 10.9 Å². The lowest BCUT2D eigenvalue weighted by Gasteiger charge is -2.23. The van der Waals surface area contributed by atoms with Crippen LogP contribution in [-0.2, 0) is 27.3 Å². The van der Waals surface area contributed by atoms with E-state index in [1.165, 1.54) is 25.6 Å². The third-order valence-corrected chi connectivity index (χ3v) is 5.71. The Morgan fingerprint density at radius 2 is 2.22 bits per heavy atom. The van der Waals surface area contributed by atoms with Crippen LogP contribution in [0.5, 0.6) is 0 Å². The zero-order valence-electron chi connectivity index (χ0n) is 13.0. The van der Waals surface area contributed by atoms with E-state index in [1.807, 2.05) is 6.92 Å². The number of anilines is 1. The van der Waals surface area contributed by atoms with Gasteiger partial charge in [0.05, 0.1) is 24.7 Å². The lowest BCUT2D eigenvalue weighted by molar-refractivity contribution is -0.139. The molecule has 1 amide bonds. The van der Waals surface area contributed by atoms with E-state index in [-0.39, 0.29) is 18.3 Å². The number of halogens is 1. The standard InChI is InChI=1S/C17H17BrN2O3/c1-8-10(6-14(22)23-2)15(18)11-5-12(9-3-4-9)20-7-13(21)19-16(8)17(11)20/h5,9H,3-4,6-7H2,1-2H3,(H,19,21). The van der Waals surface area contributed by atoms with Gasteiger partial charge in [0, 0.05) is 15.6 Å². The van der Waals surface area contributed by atoms with E-state index in [1.54, 1.807) is 0 Å². The van der Waals surface area contributed by atoms with Gasteiger partial charge in [0.25, 0.3) is 0 Å². The number of nitrogens with one attached hydrogen (secondary N) is 1. The topological polar surface area (TPSA) is 60.3 Å². The van der Waals surface area contributed by atoms with Gasteiger partial charge in [-0.05, 0) is 58.8 Å². The summed E-state index contributed by atoms with van der Waals surface area (Å²) in [6, 6.07) is 2.17. The minimum atomic E-state index is -0.288. The van der Waals surface area contributed by atoms with E-state index in [0.717, 1.165) is 32.2 Å². The molecule has 120 valence electrons. The van der Waals surface area contributed by atoms with Crippen LogP contribution in [0.2, 0.25) is 0 Å². The van der Waals surface area contributed by atoms with Crippen LogP contribution < -0.4 is 5.32 Å². The van der Waals surface area contributed by atoms with E-state index >= 15 is 0 Å². The summed E-state index contributed by atoms with van der Waals surface area (Å²) in [5.74, 6) is 0.257. The second kappa shape index (κ2) is 5.09. The van der Waals surface area contributed by atoms with Gasteiger partial charge in [0.1, 0.15) is 6.54 Å². The van der Waals surface area contributed by atoms with E-state index in [0.29, 0.717) is 12.5 Å². The summed E-state index contributed by atoms with van der Waals surface area (Å²) < 4.78 is 7.88. The fourth-order valence-electron chi connectivity index (χ4n) is 3.45. The lowest BCUT2D eigenvalue weighted by Crippen LogP contribution is -2.26. The van der Waals surface area contributed by atoms with Gasteiger partial charge < -0.3 is 14.6 Å². The molecule has 1 aromatic heterocycles. The first-order chi connectivity index (χ1) is 11.0. The number of carbonyl (C=O) groups is 2. The van der Waals surface area contributed by atoms with Gasteiger partial charge in [0.2, 0.25) is 5.91 Å². The van der Waals surface area contributed by atoms with Crippen molar-refractivity contribution < 1.29 is 14.3 Å². The van der Waals surface area contributed by atoms with Crippen LogP contribution in [-0.4, -0.2) is 23.6 Å². The van der Waals surface area contributed by atoms with E-state index in [9.17, 15) is 9.59 Å². The largest absolute Gasteiger partial charge is 0.469 e. The highest BCUT2D eigenvalue weighted by Crippen LogP contribution is 2.47. The van der Waals surface area contributed by atoms with Crippen molar-refractivity contribution >= 4 is 44.4 Å². The molecule has 1 aliphatic carbocycles. The Balaban J connectivity index is 2.01. The monoisotopic (exact) mass is 376 g/mol. The molecule has 0 saturated heterocycles. The summed E-state index contributed by atoms with van der Waals surface area (Å²) >= 11 is 3.68. The maximum Gasteiger partial charge on any atom is 0.310 e. The Labute approximate surface area is 142 Å². The second-order valence-electron chi connectivity index (χ2n) is 6.29. The van der Waals surface area contributed by atoms with Crippen LogP contribution in [0.1, 0.15) is 35.6 Å². The van der Waals surface area contributed by atoms with Gasteiger partial charge in [-0.2, -0.15) is 0 Å². The zero-order valence-corrected chi connectivity index (χ0v) is 14.6. The Kier molecular flexibility index (Phi) is 3.27. The van der Waals surface area contributed by atoms with Gasteiger partial charge in [-0.15, -0.1) is 0 Å². The molecule has 2 aromatic rings. The summed E-state index contributed by atoms with van der Waals surface area (Å²) in [5.41, 5.74) is 4.91. The molecule has 0 bridgehead atoms. The van der Waals surface area contributed by atoms with Gasteiger partial charge in [-0.1, -0.05) is 0 Å². The number of ether oxygens (including phenoxy) is 1. The molecule has 1 saturated carbocycles. The number of hydrogen-bond acceptors (Lipinski definition) is 3. The number of amides is 1. The summed E-state index contributed by atoms with van der Waals surface area (Å²) in [6.07, 6.45) is 2.55. The van der Waals surface area contributed by atoms with Crippen LogP contribution in [0.4, 0.5) is 5.69 Å². The highest BCUT2D eigenvalue weighted by molar-refractivity contribution is 9.10. The normalized spacial score (nSPS) is 16.6. The molecule has 5 nitrogen and oxygen atoms in total. The highest BCUT2D eigenvalue weighted by atomic mass is 79.9. The first kappa shape index (κ1) is 14.8. The molecule has 1 aromatic carbocycles. The Bertz CT molecular complexity index is 865. The Morgan fingerprint density at radius 1 is 1.48 bits per heavy atom. The predicted octanol–water partition coefficient (Wildman–Crippen LogP) is 3.26. The third kappa shape index (κ3) is 2.19. The smallest absolute Gasteiger partial charge is 0.310 e. The SMILES string of the molecule is COC(=O)Cc1c(C)c2c3c(cc(C4CC4)n3CC(=O)N2)c1Br. The Hall–Kier alpha value is -1.82. The number of aromatic nitrogens is 1. The molecule has 2 heterocycles. The number of hydrogen-bond donors (Lipinski definition) is 1. The molecule has 1 N–H and O–H groups in total. The number of carbonyl (C=O) groups excluding carboxylic acids is 2. The molecular formula is C17H17BrN2O3. The number of methoxy groups -OCH3 is 1. The van der Waals surface area contributed by atoms with Crippen molar-refractivity contribution in [3.63, 3.8) is 0 Å². The van der Waals surface area contributed by atoms with Crippen molar-refractivity contribution in [3.05, 3.63) is 27.4 Å². The minimum Gasteiger partial charge on any atom is -0.469 e. The van der Waals surface area contributed by atoms with Crippen molar-refractivity contribution in [2.75, 3.05) is 12.4 Å². The second-order valence-corrected chi connectivity index (χ2v) is 7.08.